The lowest BCUT2D eigenvalue weighted by atomic mass is 9.98. The Bertz CT molecular complexity index is 3940. The van der Waals surface area contributed by atoms with Gasteiger partial charge in [0, 0.05) is 38.4 Å². The molecule has 0 amide bonds. The van der Waals surface area contributed by atoms with E-state index in [-0.39, 0.29) is 0 Å². The molecule has 5 heteroatoms. The Morgan fingerprint density at radius 2 is 0.719 bits per heavy atom. The molecule has 0 spiro atoms. The van der Waals surface area contributed by atoms with Crippen LogP contribution in [0.2, 0.25) is 0 Å². The van der Waals surface area contributed by atoms with Crippen molar-refractivity contribution >= 4 is 65.2 Å². The number of benzene rings is 10. The molecule has 64 heavy (non-hydrogen) atoms. The zero-order valence-electron chi connectivity index (χ0n) is 34.6. The van der Waals surface area contributed by atoms with E-state index in [4.69, 9.17) is 15.0 Å². The Morgan fingerprint density at radius 3 is 1.34 bits per heavy atom. The molecule has 0 aliphatic carbocycles. The fourth-order valence-corrected chi connectivity index (χ4v) is 9.79. The summed E-state index contributed by atoms with van der Waals surface area (Å²) in [5.41, 5.74) is 12.0. The van der Waals surface area contributed by atoms with Gasteiger partial charge < -0.3 is 4.57 Å². The van der Waals surface area contributed by atoms with Crippen LogP contribution in [0.5, 0.6) is 0 Å². The number of fused-ring (bicyclic) bond motifs is 10. The lowest BCUT2D eigenvalue weighted by molar-refractivity contribution is 0.953. The standard InChI is InChI=1S/C59H37N5/c1-4-15-38(16-5-1)42-21-14-22-45(35-42)58-60-57(41-19-6-2-7-20-41)61-59(62-58)64-52-32-30-44(37-50(52)56-48-26-13-11-18-40(48)28-34-54(56)64)43-29-31-51-49(36-43)55-47-25-12-10-17-39(47)27-33-53(55)63(51)46-23-8-3-9-24-46/h1-37H. The zero-order chi connectivity index (χ0) is 42.1. The van der Waals surface area contributed by atoms with Gasteiger partial charge in [0.25, 0.3) is 0 Å². The highest BCUT2D eigenvalue weighted by atomic mass is 15.2. The van der Waals surface area contributed by atoms with E-state index >= 15 is 0 Å². The van der Waals surface area contributed by atoms with E-state index in [2.05, 4.69) is 209 Å². The second-order valence-corrected chi connectivity index (χ2v) is 16.4. The first-order valence-corrected chi connectivity index (χ1v) is 21.7. The highest BCUT2D eigenvalue weighted by Gasteiger charge is 2.21. The third kappa shape index (κ3) is 5.75. The molecule has 5 nitrogen and oxygen atoms in total. The smallest absolute Gasteiger partial charge is 0.238 e. The average molecular weight is 816 g/mol. The summed E-state index contributed by atoms with van der Waals surface area (Å²) in [5, 5.41) is 9.63. The van der Waals surface area contributed by atoms with Crippen molar-refractivity contribution in [1.29, 1.82) is 0 Å². The lowest BCUT2D eigenvalue weighted by Crippen LogP contribution is -2.06. The predicted molar refractivity (Wildman–Crippen MR) is 265 cm³/mol. The molecular weight excluding hydrogens is 779 g/mol. The molecular formula is C59H37N5. The van der Waals surface area contributed by atoms with E-state index < -0.39 is 0 Å². The van der Waals surface area contributed by atoms with E-state index in [0.29, 0.717) is 17.6 Å². The SMILES string of the molecule is c1ccc(-c2cccc(-c3nc(-c4ccccc4)nc(-n4c5ccc(-c6ccc7c(c6)c6c8ccccc8ccc6n7-c6ccccc6)cc5c5c6ccccc6ccc54)n3)c2)cc1. The van der Waals surface area contributed by atoms with Crippen LogP contribution in [0.3, 0.4) is 0 Å². The zero-order valence-corrected chi connectivity index (χ0v) is 34.6. The molecule has 0 N–H and O–H groups in total. The van der Waals surface area contributed by atoms with Gasteiger partial charge in [-0.3, -0.25) is 4.57 Å². The molecule has 0 unspecified atom stereocenters. The van der Waals surface area contributed by atoms with Gasteiger partial charge in [-0.1, -0.05) is 170 Å². The van der Waals surface area contributed by atoms with Crippen LogP contribution in [0, 0.1) is 0 Å². The number of para-hydroxylation sites is 1. The topological polar surface area (TPSA) is 48.5 Å². The van der Waals surface area contributed by atoms with Gasteiger partial charge in [-0.25, -0.2) is 4.98 Å². The number of hydrogen-bond donors (Lipinski definition) is 0. The summed E-state index contributed by atoms with van der Waals surface area (Å²) >= 11 is 0. The van der Waals surface area contributed by atoms with Crippen molar-refractivity contribution < 1.29 is 0 Å². The number of aromatic nitrogens is 5. The fraction of sp³-hybridized carbons (Fsp3) is 0. The molecule has 0 aliphatic rings. The Morgan fingerprint density at radius 1 is 0.266 bits per heavy atom. The van der Waals surface area contributed by atoms with Gasteiger partial charge in [-0.2, -0.15) is 9.97 Å². The molecule has 13 rings (SSSR count). The highest BCUT2D eigenvalue weighted by molar-refractivity contribution is 6.23. The molecule has 10 aromatic carbocycles. The first-order valence-electron chi connectivity index (χ1n) is 21.7. The first-order chi connectivity index (χ1) is 31.7. The minimum atomic E-state index is 0.569. The van der Waals surface area contributed by atoms with E-state index in [1.54, 1.807) is 0 Å². The van der Waals surface area contributed by atoms with Crippen molar-refractivity contribution in [2.45, 2.75) is 0 Å². The molecule has 0 saturated heterocycles. The van der Waals surface area contributed by atoms with E-state index in [0.717, 1.165) is 60.9 Å². The van der Waals surface area contributed by atoms with Gasteiger partial charge >= 0.3 is 0 Å². The number of rotatable bonds is 6. The maximum atomic E-state index is 5.32. The number of hydrogen-bond acceptors (Lipinski definition) is 3. The largest absolute Gasteiger partial charge is 0.309 e. The summed E-state index contributed by atoms with van der Waals surface area (Å²) in [4.78, 5) is 15.7. The summed E-state index contributed by atoms with van der Waals surface area (Å²) in [7, 11) is 0. The van der Waals surface area contributed by atoms with Crippen molar-refractivity contribution in [3.05, 3.63) is 224 Å². The third-order valence-corrected chi connectivity index (χ3v) is 12.7. The van der Waals surface area contributed by atoms with Gasteiger partial charge in [-0.15, -0.1) is 0 Å². The molecule has 0 fully saturated rings. The fourth-order valence-electron chi connectivity index (χ4n) is 9.79. The minimum absolute atomic E-state index is 0.569. The molecule has 0 saturated carbocycles. The van der Waals surface area contributed by atoms with E-state index in [9.17, 15) is 0 Å². The third-order valence-electron chi connectivity index (χ3n) is 12.7. The molecule has 3 aromatic heterocycles. The van der Waals surface area contributed by atoms with Crippen LogP contribution in [-0.4, -0.2) is 24.1 Å². The first kappa shape index (κ1) is 36.0. The van der Waals surface area contributed by atoms with Gasteiger partial charge in [0.2, 0.25) is 5.95 Å². The summed E-state index contributed by atoms with van der Waals surface area (Å²) in [6.45, 7) is 0. The molecule has 0 aliphatic heterocycles. The molecule has 3 heterocycles. The second-order valence-electron chi connectivity index (χ2n) is 16.4. The van der Waals surface area contributed by atoms with Crippen LogP contribution in [-0.2, 0) is 0 Å². The minimum Gasteiger partial charge on any atom is -0.309 e. The Kier molecular flexibility index (Phi) is 8.15. The quantitative estimate of drug-likeness (QED) is 0.168. The average Bonchev–Trinajstić information content (AvgIpc) is 3.90. The van der Waals surface area contributed by atoms with Crippen LogP contribution in [0.15, 0.2) is 224 Å². The van der Waals surface area contributed by atoms with Crippen LogP contribution in [0.1, 0.15) is 0 Å². The Balaban J connectivity index is 1.05. The van der Waals surface area contributed by atoms with Crippen LogP contribution in [0.25, 0.3) is 122 Å². The van der Waals surface area contributed by atoms with E-state index in [1.807, 2.05) is 24.3 Å². The summed E-state index contributed by atoms with van der Waals surface area (Å²) < 4.78 is 4.62. The molecule has 298 valence electrons. The van der Waals surface area contributed by atoms with Crippen LogP contribution < -0.4 is 0 Å². The number of nitrogens with zero attached hydrogens (tertiary/aromatic N) is 5. The maximum Gasteiger partial charge on any atom is 0.238 e. The summed E-state index contributed by atoms with van der Waals surface area (Å²) in [6, 6.07) is 79.9. The molecule has 13 aromatic rings. The van der Waals surface area contributed by atoms with Crippen molar-refractivity contribution in [3.63, 3.8) is 0 Å². The van der Waals surface area contributed by atoms with Crippen molar-refractivity contribution in [2.24, 2.45) is 0 Å². The Labute approximate surface area is 368 Å². The summed E-state index contributed by atoms with van der Waals surface area (Å²) in [6.07, 6.45) is 0. The molecule has 0 atom stereocenters. The van der Waals surface area contributed by atoms with Gasteiger partial charge in [0.15, 0.2) is 11.6 Å². The molecule has 0 radical (unpaired) electrons. The lowest BCUT2D eigenvalue weighted by Gasteiger charge is -2.12. The molecule has 0 bridgehead atoms. The van der Waals surface area contributed by atoms with Crippen molar-refractivity contribution in [2.75, 3.05) is 0 Å². The highest BCUT2D eigenvalue weighted by Crippen LogP contribution is 2.42. The second kappa shape index (κ2) is 14.5. The maximum absolute atomic E-state index is 5.32. The van der Waals surface area contributed by atoms with Crippen LogP contribution >= 0.6 is 0 Å². The summed E-state index contributed by atoms with van der Waals surface area (Å²) in [5.74, 6) is 1.80. The van der Waals surface area contributed by atoms with Crippen molar-refractivity contribution in [3.8, 4) is 56.7 Å². The normalized spacial score (nSPS) is 11.8. The van der Waals surface area contributed by atoms with Gasteiger partial charge in [0.05, 0.1) is 22.1 Å². The van der Waals surface area contributed by atoms with E-state index in [1.165, 1.54) is 43.4 Å². The Hall–Kier alpha value is -8.67. The van der Waals surface area contributed by atoms with Crippen LogP contribution in [0.4, 0.5) is 0 Å². The van der Waals surface area contributed by atoms with Gasteiger partial charge in [0.1, 0.15) is 0 Å². The monoisotopic (exact) mass is 815 g/mol. The van der Waals surface area contributed by atoms with Gasteiger partial charge in [-0.05, 0) is 98.4 Å². The predicted octanol–water partition coefficient (Wildman–Crippen LogP) is 15.0. The van der Waals surface area contributed by atoms with Crippen molar-refractivity contribution in [1.82, 2.24) is 24.1 Å².